The smallest absolute Gasteiger partial charge is 0.131 e. The van der Waals surface area contributed by atoms with Crippen molar-refractivity contribution in [3.8, 4) is 5.75 Å². The Labute approximate surface area is 102 Å². The van der Waals surface area contributed by atoms with Crippen LogP contribution in [-0.4, -0.2) is 7.11 Å². The number of halogens is 2. The van der Waals surface area contributed by atoms with E-state index in [0.29, 0.717) is 17.2 Å². The molecule has 0 heterocycles. The molecule has 1 atom stereocenters. The lowest BCUT2D eigenvalue weighted by atomic mass is 9.97. The Balaban J connectivity index is 0.00000225. The van der Waals surface area contributed by atoms with Crippen molar-refractivity contribution in [2.24, 2.45) is 11.7 Å². The lowest BCUT2D eigenvalue weighted by Gasteiger charge is -2.18. The van der Waals surface area contributed by atoms with Crippen LogP contribution >= 0.6 is 12.4 Å². The number of nitrogens with two attached hydrogens (primary N) is 1. The highest BCUT2D eigenvalue weighted by atomic mass is 35.5. The molecule has 1 aromatic rings. The Hall–Kier alpha value is -0.800. The first-order chi connectivity index (χ1) is 7.06. The summed E-state index contributed by atoms with van der Waals surface area (Å²) in [6.45, 7) is 4.13. The van der Waals surface area contributed by atoms with Crippen molar-refractivity contribution >= 4 is 12.4 Å². The maximum absolute atomic E-state index is 13.6. The lowest BCUT2D eigenvalue weighted by molar-refractivity contribution is 0.391. The molecule has 4 heteroatoms. The zero-order valence-electron chi connectivity index (χ0n) is 9.87. The van der Waals surface area contributed by atoms with Gasteiger partial charge in [-0.15, -0.1) is 12.4 Å². The van der Waals surface area contributed by atoms with Crippen molar-refractivity contribution in [3.05, 3.63) is 29.6 Å². The van der Waals surface area contributed by atoms with Crippen LogP contribution in [0.1, 0.15) is 31.9 Å². The summed E-state index contributed by atoms with van der Waals surface area (Å²) >= 11 is 0. The van der Waals surface area contributed by atoms with Crippen LogP contribution in [0.25, 0.3) is 0 Å². The highest BCUT2D eigenvalue weighted by molar-refractivity contribution is 5.85. The largest absolute Gasteiger partial charge is 0.496 e. The molecule has 0 aliphatic heterocycles. The third kappa shape index (κ3) is 3.65. The number of benzene rings is 1. The van der Waals surface area contributed by atoms with E-state index in [9.17, 15) is 4.39 Å². The molecule has 92 valence electrons. The summed E-state index contributed by atoms with van der Waals surface area (Å²) in [5.41, 5.74) is 6.43. The second kappa shape index (κ2) is 6.71. The van der Waals surface area contributed by atoms with Gasteiger partial charge in [-0.1, -0.05) is 19.9 Å². The van der Waals surface area contributed by atoms with Gasteiger partial charge >= 0.3 is 0 Å². The van der Waals surface area contributed by atoms with E-state index in [2.05, 4.69) is 13.8 Å². The number of methoxy groups -OCH3 is 1. The number of rotatable bonds is 4. The van der Waals surface area contributed by atoms with Gasteiger partial charge in [0.15, 0.2) is 0 Å². The zero-order valence-corrected chi connectivity index (χ0v) is 10.7. The average Bonchev–Trinajstić information content (AvgIpc) is 2.15. The molecule has 0 unspecified atom stereocenters. The predicted octanol–water partition coefficient (Wildman–Crippen LogP) is 3.30. The quantitative estimate of drug-likeness (QED) is 0.886. The minimum atomic E-state index is -0.304. The molecule has 0 saturated heterocycles. The molecule has 2 N–H and O–H groups in total. The SMILES string of the molecule is COc1cccc(F)c1[C@H](N)CC(C)C.Cl. The minimum Gasteiger partial charge on any atom is -0.496 e. The van der Waals surface area contributed by atoms with Gasteiger partial charge in [-0.05, 0) is 24.5 Å². The zero-order chi connectivity index (χ0) is 11.4. The van der Waals surface area contributed by atoms with Crippen LogP contribution < -0.4 is 10.5 Å². The van der Waals surface area contributed by atoms with Crippen LogP contribution in [0, 0.1) is 11.7 Å². The molecular formula is C12H19ClFNO. The Morgan fingerprint density at radius 1 is 1.38 bits per heavy atom. The average molecular weight is 248 g/mol. The Bertz CT molecular complexity index is 331. The van der Waals surface area contributed by atoms with Crippen LogP contribution in [0.5, 0.6) is 5.75 Å². The number of hydrogen-bond donors (Lipinski definition) is 1. The van der Waals surface area contributed by atoms with E-state index < -0.39 is 0 Å². The summed E-state index contributed by atoms with van der Waals surface area (Å²) < 4.78 is 18.7. The minimum absolute atomic E-state index is 0. The van der Waals surface area contributed by atoms with Crippen molar-refractivity contribution in [2.75, 3.05) is 7.11 Å². The van der Waals surface area contributed by atoms with E-state index in [1.807, 2.05) is 0 Å². The van der Waals surface area contributed by atoms with Crippen LogP contribution in [0.3, 0.4) is 0 Å². The van der Waals surface area contributed by atoms with E-state index in [-0.39, 0.29) is 24.3 Å². The van der Waals surface area contributed by atoms with Gasteiger partial charge in [-0.25, -0.2) is 4.39 Å². The molecule has 0 bridgehead atoms. The van der Waals surface area contributed by atoms with Gasteiger partial charge in [0, 0.05) is 11.6 Å². The predicted molar refractivity (Wildman–Crippen MR) is 66.6 cm³/mol. The maximum atomic E-state index is 13.6. The molecule has 1 aromatic carbocycles. The highest BCUT2D eigenvalue weighted by Crippen LogP contribution is 2.29. The molecule has 0 aromatic heterocycles. The van der Waals surface area contributed by atoms with E-state index in [1.54, 1.807) is 12.1 Å². The fourth-order valence-electron chi connectivity index (χ4n) is 1.68. The third-order valence-corrected chi connectivity index (χ3v) is 2.33. The topological polar surface area (TPSA) is 35.2 Å². The summed E-state index contributed by atoms with van der Waals surface area (Å²) in [7, 11) is 1.53. The number of hydrogen-bond acceptors (Lipinski definition) is 2. The Morgan fingerprint density at radius 2 is 2.00 bits per heavy atom. The molecule has 0 radical (unpaired) electrons. The van der Waals surface area contributed by atoms with Crippen LogP contribution in [-0.2, 0) is 0 Å². The maximum Gasteiger partial charge on any atom is 0.131 e. The normalized spacial score (nSPS) is 12.1. The monoisotopic (exact) mass is 247 g/mol. The van der Waals surface area contributed by atoms with E-state index >= 15 is 0 Å². The van der Waals surface area contributed by atoms with Gasteiger partial charge in [0.2, 0.25) is 0 Å². The standard InChI is InChI=1S/C12H18FNO.ClH/c1-8(2)7-10(14)12-9(13)5-4-6-11(12)15-3;/h4-6,8,10H,7,14H2,1-3H3;1H/t10-;/m1./s1. The van der Waals surface area contributed by atoms with E-state index in [4.69, 9.17) is 10.5 Å². The molecule has 0 aliphatic carbocycles. The number of ether oxygens (including phenoxy) is 1. The van der Waals surface area contributed by atoms with Crippen LogP contribution in [0.4, 0.5) is 4.39 Å². The van der Waals surface area contributed by atoms with Crippen LogP contribution in [0.2, 0.25) is 0 Å². The Kier molecular flexibility index (Phi) is 6.38. The first-order valence-corrected chi connectivity index (χ1v) is 5.14. The van der Waals surface area contributed by atoms with E-state index in [0.717, 1.165) is 6.42 Å². The summed E-state index contributed by atoms with van der Waals surface area (Å²) in [5, 5.41) is 0. The second-order valence-corrected chi connectivity index (χ2v) is 4.09. The summed E-state index contributed by atoms with van der Waals surface area (Å²) in [4.78, 5) is 0. The fourth-order valence-corrected chi connectivity index (χ4v) is 1.68. The van der Waals surface area contributed by atoms with Gasteiger partial charge in [-0.3, -0.25) is 0 Å². The van der Waals surface area contributed by atoms with Crippen LogP contribution in [0.15, 0.2) is 18.2 Å². The molecule has 2 nitrogen and oxygen atoms in total. The van der Waals surface area contributed by atoms with Gasteiger partial charge in [0.1, 0.15) is 11.6 Å². The lowest BCUT2D eigenvalue weighted by Crippen LogP contribution is -2.15. The van der Waals surface area contributed by atoms with Gasteiger partial charge in [0.05, 0.1) is 7.11 Å². The first-order valence-electron chi connectivity index (χ1n) is 5.14. The molecule has 0 fully saturated rings. The first kappa shape index (κ1) is 15.2. The molecule has 0 spiro atoms. The molecule has 1 rings (SSSR count). The summed E-state index contributed by atoms with van der Waals surface area (Å²) in [6.07, 6.45) is 0.747. The van der Waals surface area contributed by atoms with Gasteiger partial charge < -0.3 is 10.5 Å². The van der Waals surface area contributed by atoms with E-state index in [1.165, 1.54) is 13.2 Å². The summed E-state index contributed by atoms with van der Waals surface area (Å²) in [6, 6.07) is 4.47. The van der Waals surface area contributed by atoms with Gasteiger partial charge in [-0.2, -0.15) is 0 Å². The highest BCUT2D eigenvalue weighted by Gasteiger charge is 2.17. The van der Waals surface area contributed by atoms with Crippen molar-refractivity contribution in [3.63, 3.8) is 0 Å². The third-order valence-electron chi connectivity index (χ3n) is 2.33. The van der Waals surface area contributed by atoms with Crippen molar-refractivity contribution in [1.82, 2.24) is 0 Å². The van der Waals surface area contributed by atoms with Crippen molar-refractivity contribution < 1.29 is 9.13 Å². The van der Waals surface area contributed by atoms with Crippen molar-refractivity contribution in [2.45, 2.75) is 26.3 Å². The fraction of sp³-hybridized carbons (Fsp3) is 0.500. The summed E-state index contributed by atoms with van der Waals surface area (Å²) in [5.74, 6) is 0.676. The van der Waals surface area contributed by atoms with Crippen molar-refractivity contribution in [1.29, 1.82) is 0 Å². The second-order valence-electron chi connectivity index (χ2n) is 4.09. The van der Waals surface area contributed by atoms with Gasteiger partial charge in [0.25, 0.3) is 0 Å². The molecule has 0 aliphatic rings. The molecule has 0 saturated carbocycles. The molecule has 0 amide bonds. The Morgan fingerprint density at radius 3 is 2.50 bits per heavy atom. The molecular weight excluding hydrogens is 229 g/mol. The molecule has 16 heavy (non-hydrogen) atoms.